The summed E-state index contributed by atoms with van der Waals surface area (Å²) in [5, 5.41) is 9.66. The van der Waals surface area contributed by atoms with Crippen LogP contribution < -0.4 is 25.6 Å². The lowest BCUT2D eigenvalue weighted by molar-refractivity contribution is -0.114. The quantitative estimate of drug-likeness (QED) is 0.378. The number of rotatable bonds is 8. The average Bonchev–Trinajstić information content (AvgIpc) is 2.92. The Hall–Kier alpha value is -4.24. The van der Waals surface area contributed by atoms with E-state index in [1.165, 1.54) is 11.8 Å². The van der Waals surface area contributed by atoms with Crippen LogP contribution in [0.2, 0.25) is 0 Å². The van der Waals surface area contributed by atoms with Crippen molar-refractivity contribution in [3.63, 3.8) is 0 Å². The minimum absolute atomic E-state index is 0.156. The van der Waals surface area contributed by atoms with E-state index < -0.39 is 6.04 Å². The largest absolute Gasteiger partial charge is 0.497 e. The fourth-order valence-electron chi connectivity index (χ4n) is 3.94. The second-order valence-corrected chi connectivity index (χ2v) is 9.84. The van der Waals surface area contributed by atoms with E-state index in [9.17, 15) is 9.59 Å². The van der Waals surface area contributed by atoms with Crippen LogP contribution in [-0.2, 0) is 9.59 Å². The van der Waals surface area contributed by atoms with Crippen molar-refractivity contribution >= 4 is 45.8 Å². The highest BCUT2D eigenvalue weighted by Crippen LogP contribution is 2.34. The Kier molecular flexibility index (Phi) is 8.70. The predicted molar refractivity (Wildman–Crippen MR) is 156 cm³/mol. The van der Waals surface area contributed by atoms with E-state index in [0.717, 1.165) is 17.0 Å². The summed E-state index contributed by atoms with van der Waals surface area (Å²) in [5.41, 5.74) is 4.54. The predicted octanol–water partition coefficient (Wildman–Crippen LogP) is 5.05. The molecule has 0 radical (unpaired) electrons. The molecule has 1 atom stereocenters. The van der Waals surface area contributed by atoms with Crippen molar-refractivity contribution in [2.75, 3.05) is 42.5 Å². The summed E-state index contributed by atoms with van der Waals surface area (Å²) in [6.07, 6.45) is 0. The summed E-state index contributed by atoms with van der Waals surface area (Å²) in [5.74, 6) is 0.485. The summed E-state index contributed by atoms with van der Waals surface area (Å²) in [7, 11) is 5.55. The number of carbonyl (C=O) groups is 2. The molecular formula is C29H31N5O3S. The van der Waals surface area contributed by atoms with Gasteiger partial charge in [0.05, 0.1) is 18.4 Å². The number of ether oxygens (including phenoxy) is 1. The van der Waals surface area contributed by atoms with Crippen molar-refractivity contribution in [3.05, 3.63) is 95.7 Å². The molecule has 1 aliphatic rings. The van der Waals surface area contributed by atoms with Crippen LogP contribution in [0.5, 0.6) is 5.75 Å². The maximum Gasteiger partial charge on any atom is 0.255 e. The number of para-hydroxylation sites is 1. The summed E-state index contributed by atoms with van der Waals surface area (Å²) < 4.78 is 5.16. The van der Waals surface area contributed by atoms with E-state index in [2.05, 4.69) is 16.0 Å². The zero-order valence-electron chi connectivity index (χ0n) is 21.8. The molecule has 0 aliphatic carbocycles. The van der Waals surface area contributed by atoms with Crippen molar-refractivity contribution in [2.24, 2.45) is 4.99 Å². The minimum Gasteiger partial charge on any atom is -0.497 e. The van der Waals surface area contributed by atoms with Gasteiger partial charge in [-0.15, -0.1) is 0 Å². The number of aliphatic imine (C=N–C) groups is 1. The first kappa shape index (κ1) is 26.8. The highest BCUT2D eigenvalue weighted by molar-refractivity contribution is 8.14. The van der Waals surface area contributed by atoms with Gasteiger partial charge in [0, 0.05) is 36.9 Å². The van der Waals surface area contributed by atoms with Crippen LogP contribution in [0.25, 0.3) is 0 Å². The van der Waals surface area contributed by atoms with Crippen molar-refractivity contribution in [1.29, 1.82) is 0 Å². The van der Waals surface area contributed by atoms with Gasteiger partial charge in [0.25, 0.3) is 5.91 Å². The number of hydrogen-bond donors (Lipinski definition) is 3. The molecule has 1 aliphatic heterocycles. The second kappa shape index (κ2) is 12.3. The number of methoxy groups -OCH3 is 1. The molecule has 3 aromatic carbocycles. The fourth-order valence-corrected chi connectivity index (χ4v) is 4.68. The van der Waals surface area contributed by atoms with Gasteiger partial charge in [-0.25, -0.2) is 4.99 Å². The Bertz CT molecular complexity index is 1340. The number of amidine groups is 1. The van der Waals surface area contributed by atoms with E-state index >= 15 is 0 Å². The van der Waals surface area contributed by atoms with Crippen LogP contribution in [0.15, 0.2) is 95.1 Å². The number of thioether (sulfide) groups is 1. The van der Waals surface area contributed by atoms with Gasteiger partial charge in [-0.2, -0.15) is 0 Å². The monoisotopic (exact) mass is 529 g/mol. The Morgan fingerprint density at radius 1 is 0.947 bits per heavy atom. The topological polar surface area (TPSA) is 95.1 Å². The number of nitrogens with one attached hydrogen (secondary N) is 3. The van der Waals surface area contributed by atoms with Gasteiger partial charge in [-0.1, -0.05) is 42.1 Å². The number of amides is 2. The number of nitrogens with zero attached hydrogens (tertiary/aromatic N) is 2. The average molecular weight is 530 g/mol. The zero-order valence-corrected chi connectivity index (χ0v) is 22.6. The molecule has 0 spiro atoms. The van der Waals surface area contributed by atoms with Crippen LogP contribution in [0.1, 0.15) is 18.5 Å². The lowest BCUT2D eigenvalue weighted by Crippen LogP contribution is -2.32. The molecule has 0 bridgehead atoms. The summed E-state index contributed by atoms with van der Waals surface area (Å²) in [6.45, 7) is 1.85. The first-order valence-electron chi connectivity index (χ1n) is 12.1. The van der Waals surface area contributed by atoms with E-state index in [1.54, 1.807) is 31.4 Å². The van der Waals surface area contributed by atoms with Crippen molar-refractivity contribution in [2.45, 2.75) is 13.0 Å². The van der Waals surface area contributed by atoms with Crippen molar-refractivity contribution in [1.82, 2.24) is 5.32 Å². The van der Waals surface area contributed by atoms with E-state index in [1.807, 2.05) is 80.5 Å². The van der Waals surface area contributed by atoms with Crippen LogP contribution in [0, 0.1) is 0 Å². The first-order chi connectivity index (χ1) is 18.3. The third-order valence-electron chi connectivity index (χ3n) is 5.93. The van der Waals surface area contributed by atoms with Crippen molar-refractivity contribution < 1.29 is 14.3 Å². The highest BCUT2D eigenvalue weighted by atomic mass is 32.2. The molecule has 0 fully saturated rings. The van der Waals surface area contributed by atoms with E-state index in [-0.39, 0.29) is 17.6 Å². The zero-order chi connectivity index (χ0) is 27.1. The summed E-state index contributed by atoms with van der Waals surface area (Å²) >= 11 is 1.29. The molecule has 196 valence electrons. The normalized spacial score (nSPS) is 14.7. The molecule has 2 amide bonds. The van der Waals surface area contributed by atoms with Gasteiger partial charge in [-0.05, 0) is 61.0 Å². The van der Waals surface area contributed by atoms with Gasteiger partial charge in [-0.3, -0.25) is 9.59 Å². The third-order valence-corrected chi connectivity index (χ3v) is 6.82. The smallest absolute Gasteiger partial charge is 0.255 e. The Morgan fingerprint density at radius 2 is 1.61 bits per heavy atom. The lowest BCUT2D eigenvalue weighted by Gasteiger charge is -2.26. The summed E-state index contributed by atoms with van der Waals surface area (Å²) in [4.78, 5) is 32.9. The highest BCUT2D eigenvalue weighted by Gasteiger charge is 2.30. The molecule has 38 heavy (non-hydrogen) atoms. The summed E-state index contributed by atoms with van der Waals surface area (Å²) in [6, 6.07) is 23.9. The van der Waals surface area contributed by atoms with Gasteiger partial charge in [0.2, 0.25) is 5.91 Å². The molecule has 0 saturated heterocycles. The molecule has 8 nitrogen and oxygen atoms in total. The van der Waals surface area contributed by atoms with Gasteiger partial charge >= 0.3 is 0 Å². The van der Waals surface area contributed by atoms with E-state index in [4.69, 9.17) is 9.73 Å². The van der Waals surface area contributed by atoms with Gasteiger partial charge < -0.3 is 25.6 Å². The van der Waals surface area contributed by atoms with E-state index in [0.29, 0.717) is 27.8 Å². The van der Waals surface area contributed by atoms with Gasteiger partial charge in [0.1, 0.15) is 11.8 Å². The molecule has 0 unspecified atom stereocenters. The lowest BCUT2D eigenvalue weighted by atomic mass is 9.95. The first-order valence-corrected chi connectivity index (χ1v) is 13.1. The number of anilines is 3. The van der Waals surface area contributed by atoms with Gasteiger partial charge in [0.15, 0.2) is 5.17 Å². The van der Waals surface area contributed by atoms with Crippen LogP contribution >= 0.6 is 11.8 Å². The minimum atomic E-state index is -0.525. The van der Waals surface area contributed by atoms with Crippen LogP contribution in [0.4, 0.5) is 17.1 Å². The van der Waals surface area contributed by atoms with Crippen LogP contribution in [-0.4, -0.2) is 43.9 Å². The number of benzene rings is 3. The Labute approximate surface area is 227 Å². The molecule has 3 N–H and O–H groups in total. The number of hydrogen-bond acceptors (Lipinski definition) is 7. The standard InChI is InChI=1S/C29H31N5O3S/c1-19-26(28(36)32-21-8-6-5-7-9-21)27(20-10-14-23(15-11-20)34(2)3)33-29(30-19)38-18-25(35)31-22-12-16-24(37-4)17-13-22/h5-17,27H,18H2,1-4H3,(H,30,33)(H,31,35)(H,32,36)/t27-/m0/s1. The van der Waals surface area contributed by atoms with Crippen LogP contribution in [0.3, 0.4) is 0 Å². The second-order valence-electron chi connectivity index (χ2n) is 8.87. The Morgan fingerprint density at radius 3 is 2.24 bits per heavy atom. The Balaban J connectivity index is 1.52. The molecule has 3 aromatic rings. The molecule has 0 aromatic heterocycles. The third kappa shape index (κ3) is 6.74. The molecule has 9 heteroatoms. The molecule has 4 rings (SSSR count). The maximum atomic E-state index is 13.4. The SMILES string of the molecule is COc1ccc(NC(=O)CSC2=N[C@@H](c3ccc(N(C)C)cc3)C(C(=O)Nc3ccccc3)=C(C)N2)cc1. The molecule has 0 saturated carbocycles. The fraction of sp³-hybridized carbons (Fsp3) is 0.207. The number of carbonyl (C=O) groups excluding carboxylic acids is 2. The number of allylic oxidation sites excluding steroid dienone is 1. The van der Waals surface area contributed by atoms with Crippen molar-refractivity contribution in [3.8, 4) is 5.75 Å². The maximum absolute atomic E-state index is 13.4. The molecule has 1 heterocycles. The molecular weight excluding hydrogens is 498 g/mol.